The largest absolute Gasteiger partial charge is 0.491 e. The van der Waals surface area contributed by atoms with Gasteiger partial charge in [-0.1, -0.05) is 43.0 Å². The van der Waals surface area contributed by atoms with Crippen molar-refractivity contribution in [2.45, 2.75) is 45.0 Å². The fourth-order valence-corrected chi connectivity index (χ4v) is 4.37. The van der Waals surface area contributed by atoms with Gasteiger partial charge in [0.05, 0.1) is 17.0 Å². The number of hydrogen-bond donors (Lipinski definition) is 1. The highest BCUT2D eigenvalue weighted by molar-refractivity contribution is 7.99. The second-order valence-corrected chi connectivity index (χ2v) is 8.62. The van der Waals surface area contributed by atoms with Crippen LogP contribution in [0.25, 0.3) is 16.7 Å². The quantitative estimate of drug-likeness (QED) is 0.423. The second-order valence-electron chi connectivity index (χ2n) is 7.64. The Morgan fingerprint density at radius 2 is 1.97 bits per heavy atom. The number of rotatable bonds is 8. The minimum absolute atomic E-state index is 0.0594. The molecule has 7 nitrogen and oxygen atoms in total. The standard InChI is InChI=1S/C23H26N4O3S/c1-4-11-26-21(29)18-7-5-6-8-19(18)27-22(26)24-25-23(27)31-14-17(28)13-30-20-12-15(2)9-10-16(20)3/h5-10,12,17,28H,4,11,13-14H2,1-3H3. The lowest BCUT2D eigenvalue weighted by atomic mass is 10.1. The Labute approximate surface area is 184 Å². The lowest BCUT2D eigenvalue weighted by Crippen LogP contribution is -2.23. The van der Waals surface area contributed by atoms with Crippen molar-refractivity contribution >= 4 is 28.4 Å². The number of aryl methyl sites for hydroxylation is 3. The van der Waals surface area contributed by atoms with Crippen molar-refractivity contribution < 1.29 is 9.84 Å². The Morgan fingerprint density at radius 3 is 2.77 bits per heavy atom. The number of para-hydroxylation sites is 1. The summed E-state index contributed by atoms with van der Waals surface area (Å²) in [6.07, 6.45) is 0.141. The third kappa shape index (κ3) is 4.31. The van der Waals surface area contributed by atoms with Crippen LogP contribution < -0.4 is 10.3 Å². The summed E-state index contributed by atoms with van der Waals surface area (Å²) in [5, 5.41) is 20.3. The van der Waals surface area contributed by atoms with Crippen molar-refractivity contribution in [2.24, 2.45) is 0 Å². The van der Waals surface area contributed by atoms with Gasteiger partial charge in [-0.15, -0.1) is 10.2 Å². The highest BCUT2D eigenvalue weighted by Gasteiger charge is 2.17. The second kappa shape index (κ2) is 9.11. The van der Waals surface area contributed by atoms with Crippen molar-refractivity contribution in [3.8, 4) is 5.75 Å². The first-order chi connectivity index (χ1) is 15.0. The fourth-order valence-electron chi connectivity index (χ4n) is 3.52. The predicted molar refractivity (Wildman–Crippen MR) is 123 cm³/mol. The Kier molecular flexibility index (Phi) is 6.29. The molecule has 0 spiro atoms. The summed E-state index contributed by atoms with van der Waals surface area (Å²) >= 11 is 1.40. The highest BCUT2D eigenvalue weighted by Crippen LogP contribution is 2.23. The van der Waals surface area contributed by atoms with Crippen molar-refractivity contribution in [3.63, 3.8) is 0 Å². The molecule has 0 radical (unpaired) electrons. The van der Waals surface area contributed by atoms with E-state index in [0.717, 1.165) is 28.8 Å². The Bertz CT molecular complexity index is 1280. The molecule has 4 aromatic rings. The fraction of sp³-hybridized carbons (Fsp3) is 0.348. The van der Waals surface area contributed by atoms with Gasteiger partial charge in [0.2, 0.25) is 5.78 Å². The average molecular weight is 439 g/mol. The van der Waals surface area contributed by atoms with E-state index in [9.17, 15) is 9.90 Å². The molecule has 0 aliphatic carbocycles. The van der Waals surface area contributed by atoms with E-state index in [4.69, 9.17) is 4.74 Å². The van der Waals surface area contributed by atoms with Crippen LogP contribution in [0, 0.1) is 13.8 Å². The molecule has 0 aliphatic heterocycles. The Hall–Kier alpha value is -2.84. The summed E-state index contributed by atoms with van der Waals surface area (Å²) in [5.41, 5.74) is 2.86. The molecular weight excluding hydrogens is 412 g/mol. The molecule has 162 valence electrons. The molecule has 0 amide bonds. The number of thioether (sulfide) groups is 1. The van der Waals surface area contributed by atoms with Crippen LogP contribution in [0.1, 0.15) is 24.5 Å². The molecule has 4 rings (SSSR count). The summed E-state index contributed by atoms with van der Waals surface area (Å²) in [5.74, 6) is 1.70. The summed E-state index contributed by atoms with van der Waals surface area (Å²) in [7, 11) is 0. The van der Waals surface area contributed by atoms with Crippen LogP contribution in [-0.2, 0) is 6.54 Å². The molecule has 1 N–H and O–H groups in total. The van der Waals surface area contributed by atoms with Crippen LogP contribution >= 0.6 is 11.8 Å². The van der Waals surface area contributed by atoms with Crippen LogP contribution in [-0.4, -0.2) is 42.7 Å². The minimum Gasteiger partial charge on any atom is -0.491 e. The monoisotopic (exact) mass is 438 g/mol. The Balaban J connectivity index is 1.56. The molecule has 1 atom stereocenters. The molecule has 2 heterocycles. The van der Waals surface area contributed by atoms with E-state index < -0.39 is 6.10 Å². The van der Waals surface area contributed by atoms with Crippen molar-refractivity contribution in [2.75, 3.05) is 12.4 Å². The van der Waals surface area contributed by atoms with Gasteiger partial charge in [0, 0.05) is 12.3 Å². The van der Waals surface area contributed by atoms with E-state index >= 15 is 0 Å². The zero-order valence-electron chi connectivity index (χ0n) is 17.9. The number of aliphatic hydroxyl groups excluding tert-OH is 1. The van der Waals surface area contributed by atoms with Gasteiger partial charge >= 0.3 is 0 Å². The van der Waals surface area contributed by atoms with Gasteiger partial charge < -0.3 is 9.84 Å². The van der Waals surface area contributed by atoms with Gasteiger partial charge in [-0.05, 0) is 49.6 Å². The molecule has 8 heteroatoms. The Morgan fingerprint density at radius 1 is 1.16 bits per heavy atom. The van der Waals surface area contributed by atoms with Crippen LogP contribution in [0.2, 0.25) is 0 Å². The van der Waals surface area contributed by atoms with E-state index in [2.05, 4.69) is 10.2 Å². The smallest absolute Gasteiger partial charge is 0.262 e. The van der Waals surface area contributed by atoms with E-state index in [-0.39, 0.29) is 12.2 Å². The number of fused-ring (bicyclic) bond motifs is 3. The maximum atomic E-state index is 12.9. The van der Waals surface area contributed by atoms with E-state index in [0.29, 0.717) is 28.6 Å². The summed E-state index contributed by atoms with van der Waals surface area (Å²) in [6, 6.07) is 13.5. The summed E-state index contributed by atoms with van der Waals surface area (Å²) < 4.78 is 9.39. The molecule has 0 saturated carbocycles. The lowest BCUT2D eigenvalue weighted by molar-refractivity contribution is 0.126. The maximum absolute atomic E-state index is 12.9. The van der Waals surface area contributed by atoms with Crippen LogP contribution in [0.3, 0.4) is 0 Å². The topological polar surface area (TPSA) is 81.7 Å². The van der Waals surface area contributed by atoms with Crippen LogP contribution in [0.5, 0.6) is 5.75 Å². The molecule has 2 aromatic heterocycles. The molecule has 0 fully saturated rings. The van der Waals surface area contributed by atoms with Crippen molar-refractivity contribution in [1.29, 1.82) is 0 Å². The summed E-state index contributed by atoms with van der Waals surface area (Å²) in [6.45, 7) is 6.78. The first kappa shape index (κ1) is 21.4. The highest BCUT2D eigenvalue weighted by atomic mass is 32.2. The number of hydrogen-bond acceptors (Lipinski definition) is 6. The van der Waals surface area contributed by atoms with Crippen LogP contribution in [0.15, 0.2) is 52.4 Å². The first-order valence-electron chi connectivity index (χ1n) is 10.4. The normalized spacial score (nSPS) is 12.5. The first-order valence-corrected chi connectivity index (χ1v) is 11.4. The minimum atomic E-state index is -0.676. The van der Waals surface area contributed by atoms with Gasteiger partial charge in [0.25, 0.3) is 5.56 Å². The van der Waals surface area contributed by atoms with Gasteiger partial charge in [-0.2, -0.15) is 0 Å². The lowest BCUT2D eigenvalue weighted by Gasteiger charge is -2.14. The van der Waals surface area contributed by atoms with Crippen LogP contribution in [0.4, 0.5) is 0 Å². The van der Waals surface area contributed by atoms with Gasteiger partial charge in [0.1, 0.15) is 12.4 Å². The number of aromatic nitrogens is 4. The molecule has 0 aliphatic rings. The third-order valence-corrected chi connectivity index (χ3v) is 6.18. The van der Waals surface area contributed by atoms with E-state index in [1.807, 2.05) is 67.6 Å². The SMILES string of the molecule is CCCn1c(=O)c2ccccc2n2c(SCC(O)COc3cc(C)ccc3C)nnc12. The number of nitrogens with zero attached hydrogens (tertiary/aromatic N) is 4. The molecule has 0 bridgehead atoms. The van der Waals surface area contributed by atoms with Crippen molar-refractivity contribution in [3.05, 3.63) is 63.9 Å². The van der Waals surface area contributed by atoms with E-state index in [1.54, 1.807) is 4.57 Å². The molecule has 0 saturated heterocycles. The molecule has 2 aromatic carbocycles. The van der Waals surface area contributed by atoms with Gasteiger partial charge in [0.15, 0.2) is 5.16 Å². The zero-order chi connectivity index (χ0) is 22.0. The van der Waals surface area contributed by atoms with Gasteiger partial charge in [-0.3, -0.25) is 13.8 Å². The van der Waals surface area contributed by atoms with Crippen molar-refractivity contribution in [1.82, 2.24) is 19.2 Å². The number of aliphatic hydroxyl groups is 1. The third-order valence-electron chi connectivity index (χ3n) is 5.11. The number of ether oxygens (including phenoxy) is 1. The maximum Gasteiger partial charge on any atom is 0.262 e. The molecule has 1 unspecified atom stereocenters. The molecule has 31 heavy (non-hydrogen) atoms. The predicted octanol–water partition coefficient (Wildman–Crippen LogP) is 3.60. The van der Waals surface area contributed by atoms with E-state index in [1.165, 1.54) is 11.8 Å². The number of benzene rings is 2. The molecular formula is C23H26N4O3S. The van der Waals surface area contributed by atoms with Gasteiger partial charge in [-0.25, -0.2) is 0 Å². The zero-order valence-corrected chi connectivity index (χ0v) is 18.7. The average Bonchev–Trinajstić information content (AvgIpc) is 3.20. The summed E-state index contributed by atoms with van der Waals surface area (Å²) in [4.78, 5) is 12.9.